The number of hydrogen-bond acceptors (Lipinski definition) is 2. The van der Waals surface area contributed by atoms with E-state index in [0.29, 0.717) is 0 Å². The van der Waals surface area contributed by atoms with Gasteiger partial charge in [-0.1, -0.05) is 44.8 Å². The first kappa shape index (κ1) is 15.3. The summed E-state index contributed by atoms with van der Waals surface area (Å²) in [6.07, 6.45) is 9.57. The molecule has 0 radical (unpaired) electrons. The zero-order valence-corrected chi connectivity index (χ0v) is 13.2. The quantitative estimate of drug-likeness (QED) is 0.557. The van der Waals surface area contributed by atoms with Gasteiger partial charge in [0.15, 0.2) is 0 Å². The molecule has 0 fully saturated rings. The molecule has 2 rings (SSSR count). The van der Waals surface area contributed by atoms with Crippen molar-refractivity contribution >= 4 is 22.9 Å². The molecule has 0 aromatic heterocycles. The van der Waals surface area contributed by atoms with Gasteiger partial charge >= 0.3 is 0 Å². The Morgan fingerprint density at radius 3 is 2.85 bits per heavy atom. The Kier molecular flexibility index (Phi) is 6.31. The third kappa shape index (κ3) is 4.78. The highest BCUT2D eigenvalue weighted by molar-refractivity contribution is 7.80. The van der Waals surface area contributed by atoms with E-state index < -0.39 is 0 Å². The second-order valence-electron chi connectivity index (χ2n) is 5.48. The fourth-order valence-corrected chi connectivity index (χ4v) is 2.79. The van der Waals surface area contributed by atoms with Gasteiger partial charge in [0.1, 0.15) is 5.75 Å². The smallest absolute Gasteiger partial charge is 0.119 e. The first-order valence-corrected chi connectivity index (χ1v) is 8.26. The van der Waals surface area contributed by atoms with Crippen LogP contribution in [-0.4, -0.2) is 11.6 Å². The van der Waals surface area contributed by atoms with Crippen LogP contribution in [0.15, 0.2) is 18.2 Å². The van der Waals surface area contributed by atoms with Crippen LogP contribution in [0, 0.1) is 0 Å². The number of thiocarbonyl (C=S) groups is 1. The van der Waals surface area contributed by atoms with Crippen LogP contribution in [0.5, 0.6) is 5.75 Å². The van der Waals surface area contributed by atoms with E-state index in [9.17, 15) is 0 Å². The monoisotopic (exact) mass is 291 g/mol. The average Bonchev–Trinajstić information content (AvgIpc) is 2.63. The number of anilines is 1. The minimum Gasteiger partial charge on any atom is -0.494 e. The van der Waals surface area contributed by atoms with Crippen LogP contribution in [0.1, 0.15) is 57.4 Å². The van der Waals surface area contributed by atoms with Gasteiger partial charge in [-0.25, -0.2) is 0 Å². The van der Waals surface area contributed by atoms with E-state index in [-0.39, 0.29) is 0 Å². The van der Waals surface area contributed by atoms with Crippen LogP contribution in [0.2, 0.25) is 0 Å². The molecule has 3 heteroatoms. The van der Waals surface area contributed by atoms with Gasteiger partial charge in [0.25, 0.3) is 0 Å². The second-order valence-corrected chi connectivity index (χ2v) is 5.98. The lowest BCUT2D eigenvalue weighted by atomic mass is 10.1. The van der Waals surface area contributed by atoms with Crippen LogP contribution in [0.3, 0.4) is 0 Å². The largest absolute Gasteiger partial charge is 0.494 e. The van der Waals surface area contributed by atoms with Crippen LogP contribution >= 0.6 is 12.2 Å². The molecule has 1 aromatic rings. The highest BCUT2D eigenvalue weighted by Gasteiger charge is 2.11. The molecule has 0 bridgehead atoms. The van der Waals surface area contributed by atoms with Crippen LogP contribution in [0.4, 0.5) is 5.69 Å². The van der Waals surface area contributed by atoms with Crippen molar-refractivity contribution in [2.24, 2.45) is 0 Å². The molecule has 0 amide bonds. The molecule has 0 spiro atoms. The van der Waals surface area contributed by atoms with Crippen molar-refractivity contribution in [2.75, 3.05) is 11.9 Å². The van der Waals surface area contributed by atoms with E-state index >= 15 is 0 Å². The maximum atomic E-state index is 5.86. The van der Waals surface area contributed by atoms with Gasteiger partial charge in [-0.05, 0) is 49.4 Å². The molecule has 110 valence electrons. The molecule has 0 unspecified atom stereocenters. The molecule has 1 N–H and O–H groups in total. The SMILES string of the molecule is CCCCCCCOc1ccc2c(c1)CCCC(=S)N2. The summed E-state index contributed by atoms with van der Waals surface area (Å²) in [5.41, 5.74) is 2.48. The number of rotatable bonds is 7. The predicted molar refractivity (Wildman–Crippen MR) is 89.9 cm³/mol. The summed E-state index contributed by atoms with van der Waals surface area (Å²) in [5.74, 6) is 0.994. The molecule has 2 nitrogen and oxygen atoms in total. The first-order chi connectivity index (χ1) is 9.79. The van der Waals surface area contributed by atoms with Crippen LogP contribution in [0.25, 0.3) is 0 Å². The third-order valence-electron chi connectivity index (χ3n) is 3.72. The van der Waals surface area contributed by atoms with Gasteiger partial charge in [-0.3, -0.25) is 0 Å². The Hall–Kier alpha value is -1.09. The second kappa shape index (κ2) is 8.25. The topological polar surface area (TPSA) is 21.3 Å². The Morgan fingerprint density at radius 2 is 2.00 bits per heavy atom. The summed E-state index contributed by atoms with van der Waals surface area (Å²) in [6.45, 7) is 3.07. The summed E-state index contributed by atoms with van der Waals surface area (Å²) < 4.78 is 5.86. The number of hydrogen-bond donors (Lipinski definition) is 1. The van der Waals surface area contributed by atoms with Crippen molar-refractivity contribution in [3.63, 3.8) is 0 Å². The summed E-state index contributed by atoms with van der Waals surface area (Å²) in [7, 11) is 0. The minimum absolute atomic E-state index is 0.828. The molecule has 1 aliphatic heterocycles. The normalized spacial score (nSPS) is 14.3. The zero-order chi connectivity index (χ0) is 14.2. The van der Waals surface area contributed by atoms with Crippen molar-refractivity contribution in [1.82, 2.24) is 0 Å². The van der Waals surface area contributed by atoms with E-state index in [4.69, 9.17) is 17.0 Å². The van der Waals surface area contributed by atoms with E-state index in [1.54, 1.807) is 0 Å². The molecule has 20 heavy (non-hydrogen) atoms. The zero-order valence-electron chi connectivity index (χ0n) is 12.4. The Bertz CT molecular complexity index is 445. The average molecular weight is 291 g/mol. The highest BCUT2D eigenvalue weighted by Crippen LogP contribution is 2.26. The lowest BCUT2D eigenvalue weighted by molar-refractivity contribution is 0.304. The van der Waals surface area contributed by atoms with Gasteiger partial charge in [-0.2, -0.15) is 0 Å². The van der Waals surface area contributed by atoms with Gasteiger partial charge < -0.3 is 10.1 Å². The summed E-state index contributed by atoms with van der Waals surface area (Å²) in [6, 6.07) is 6.31. The van der Waals surface area contributed by atoms with Crippen LogP contribution < -0.4 is 10.1 Å². The molecular formula is C17H25NOS. The Labute approximate surface area is 127 Å². The molecule has 0 atom stereocenters. The Morgan fingerprint density at radius 1 is 1.15 bits per heavy atom. The van der Waals surface area contributed by atoms with Gasteiger partial charge in [0.05, 0.1) is 11.6 Å². The van der Waals surface area contributed by atoms with Gasteiger partial charge in [0, 0.05) is 5.69 Å². The van der Waals surface area contributed by atoms with E-state index in [1.165, 1.54) is 31.2 Å². The molecule has 0 saturated heterocycles. The van der Waals surface area contributed by atoms with E-state index in [0.717, 1.165) is 48.7 Å². The molecule has 1 aliphatic rings. The number of aryl methyl sites for hydroxylation is 1. The maximum Gasteiger partial charge on any atom is 0.119 e. The number of unbranched alkanes of at least 4 members (excludes halogenated alkanes) is 4. The fraction of sp³-hybridized carbons (Fsp3) is 0.588. The third-order valence-corrected chi connectivity index (χ3v) is 4.02. The van der Waals surface area contributed by atoms with Gasteiger partial charge in [0.2, 0.25) is 0 Å². The lowest BCUT2D eigenvalue weighted by Crippen LogP contribution is -2.06. The number of ether oxygens (including phenoxy) is 1. The number of benzene rings is 1. The first-order valence-electron chi connectivity index (χ1n) is 7.85. The summed E-state index contributed by atoms with van der Waals surface area (Å²) in [4.78, 5) is 0.952. The van der Waals surface area contributed by atoms with Crippen molar-refractivity contribution in [3.8, 4) is 5.75 Å². The fourth-order valence-electron chi connectivity index (χ4n) is 2.54. The molecular weight excluding hydrogens is 266 g/mol. The number of fused-ring (bicyclic) bond motifs is 1. The molecule has 0 saturated carbocycles. The van der Waals surface area contributed by atoms with Crippen molar-refractivity contribution in [2.45, 2.75) is 58.3 Å². The lowest BCUT2D eigenvalue weighted by Gasteiger charge is -2.11. The number of nitrogens with one attached hydrogen (secondary N) is 1. The van der Waals surface area contributed by atoms with Crippen LogP contribution in [-0.2, 0) is 6.42 Å². The molecule has 1 aromatic carbocycles. The minimum atomic E-state index is 0.828. The van der Waals surface area contributed by atoms with E-state index in [2.05, 4.69) is 24.4 Å². The Balaban J connectivity index is 1.81. The van der Waals surface area contributed by atoms with Gasteiger partial charge in [-0.15, -0.1) is 0 Å². The standard InChI is InChI=1S/C17H25NOS/c1-2-3-4-5-6-12-19-15-10-11-16-14(13-15)8-7-9-17(20)18-16/h10-11,13H,2-9,12H2,1H3,(H,18,20). The van der Waals surface area contributed by atoms with Crippen molar-refractivity contribution in [3.05, 3.63) is 23.8 Å². The summed E-state index contributed by atoms with van der Waals surface area (Å²) in [5, 5.41) is 3.32. The van der Waals surface area contributed by atoms with Crippen molar-refractivity contribution in [1.29, 1.82) is 0 Å². The summed E-state index contributed by atoms with van der Waals surface area (Å²) >= 11 is 5.28. The van der Waals surface area contributed by atoms with E-state index in [1.807, 2.05) is 6.07 Å². The molecule has 0 aliphatic carbocycles. The van der Waals surface area contributed by atoms with Crippen molar-refractivity contribution < 1.29 is 4.74 Å². The highest BCUT2D eigenvalue weighted by atomic mass is 32.1. The molecule has 1 heterocycles. The predicted octanol–water partition coefficient (Wildman–Crippen LogP) is 5.11. The maximum absolute atomic E-state index is 5.86.